The quantitative estimate of drug-likeness (QED) is 0.108. The van der Waals surface area contributed by atoms with Crippen LogP contribution in [0.2, 0.25) is 0 Å². The van der Waals surface area contributed by atoms with Crippen LogP contribution in [0, 0.1) is 0 Å². The smallest absolute Gasteiger partial charge is 0.284 e. The molecule has 1 unspecified atom stereocenters. The highest BCUT2D eigenvalue weighted by atomic mass is 19.3. The second kappa shape index (κ2) is 18.0. The number of carbonyl (C=O) groups excluding carboxylic acids is 5. The summed E-state index contributed by atoms with van der Waals surface area (Å²) in [6.45, 7) is 5.81. The van der Waals surface area contributed by atoms with E-state index in [1.165, 1.54) is 21.6 Å². The minimum Gasteiger partial charge on any atom is -0.384 e. The van der Waals surface area contributed by atoms with Crippen molar-refractivity contribution in [2.75, 3.05) is 68.1 Å². The fourth-order valence-corrected chi connectivity index (χ4v) is 8.41. The second-order valence-electron chi connectivity index (χ2n) is 15.8. The first-order valence-corrected chi connectivity index (χ1v) is 21.0. The predicted octanol–water partition coefficient (Wildman–Crippen LogP) is 3.83. The number of morpholine rings is 1. The second-order valence-corrected chi connectivity index (χ2v) is 15.8. The Morgan fingerprint density at radius 3 is 2.51 bits per heavy atom. The Morgan fingerprint density at radius 2 is 1.75 bits per heavy atom. The molecule has 1 atom stereocenters. The molecule has 0 bridgehead atoms. The minimum atomic E-state index is -2.93. The van der Waals surface area contributed by atoms with Crippen molar-refractivity contribution in [1.82, 2.24) is 39.5 Å². The van der Waals surface area contributed by atoms with Crippen LogP contribution in [-0.2, 0) is 25.6 Å². The molecule has 3 saturated heterocycles. The number of fused-ring (bicyclic) bond motifs is 2. The summed E-state index contributed by atoms with van der Waals surface area (Å²) in [5.74, 6) is -2.13. The normalized spacial score (nSPS) is 18.7. The number of nitrogens with one attached hydrogen (secondary N) is 3. The molecule has 63 heavy (non-hydrogen) atoms. The van der Waals surface area contributed by atoms with Crippen LogP contribution in [0.4, 0.5) is 26.0 Å². The molecule has 9 rings (SSSR count). The predicted molar refractivity (Wildman–Crippen MR) is 223 cm³/mol. The van der Waals surface area contributed by atoms with Gasteiger partial charge in [-0.15, -0.1) is 0 Å². The molecule has 3 N–H and O–H groups in total. The monoisotopic (exact) mass is 865 g/mol. The maximum absolute atomic E-state index is 14.2. The van der Waals surface area contributed by atoms with E-state index < -0.39 is 47.7 Å². The van der Waals surface area contributed by atoms with Gasteiger partial charge >= 0.3 is 0 Å². The Hall–Kier alpha value is -6.64. The van der Waals surface area contributed by atoms with Gasteiger partial charge in [-0.05, 0) is 61.6 Å². The highest BCUT2D eigenvalue weighted by Crippen LogP contribution is 2.33. The summed E-state index contributed by atoms with van der Waals surface area (Å²) >= 11 is 0. The third kappa shape index (κ3) is 8.73. The standard InChI is InChI=1S/C43H45F2N11O7/c44-38(45)37-32(48-40(58)30-23-47-54-17-13-34(49-39(30)54)53-18-21-62-22-19-53)25-55(51-37)27-7-5-26(6-8-27)24-52-15-11-28(12-16-52)63-20-2-14-46-31-4-1-3-29-36(31)43(61)56(42(29)60)33-9-10-35(57)50-41(33)59/h1,3-8,13,17,23,25,28,33,38,46H,2,9-12,14-16,18-22,24H2,(H,48,58)(H,50,57,59). The van der Waals surface area contributed by atoms with Crippen molar-refractivity contribution in [3.05, 3.63) is 95.1 Å². The number of halogens is 2. The summed E-state index contributed by atoms with van der Waals surface area (Å²) in [5, 5.41) is 16.4. The van der Waals surface area contributed by atoms with Gasteiger partial charge in [0.1, 0.15) is 17.4 Å². The van der Waals surface area contributed by atoms with Crippen LogP contribution in [-0.4, -0.2) is 128 Å². The Morgan fingerprint density at radius 1 is 0.952 bits per heavy atom. The fourth-order valence-electron chi connectivity index (χ4n) is 8.41. The first kappa shape index (κ1) is 41.7. The van der Waals surface area contributed by atoms with Gasteiger partial charge in [0.25, 0.3) is 24.1 Å². The number of piperidine rings is 2. The van der Waals surface area contributed by atoms with Crippen LogP contribution in [0.25, 0.3) is 11.3 Å². The van der Waals surface area contributed by atoms with Gasteiger partial charge in [-0.2, -0.15) is 10.2 Å². The molecule has 0 radical (unpaired) electrons. The maximum atomic E-state index is 14.2. The first-order valence-electron chi connectivity index (χ1n) is 21.0. The van der Waals surface area contributed by atoms with Crippen LogP contribution in [0.3, 0.4) is 0 Å². The summed E-state index contributed by atoms with van der Waals surface area (Å²) in [7, 11) is 0. The van der Waals surface area contributed by atoms with Gasteiger partial charge in [-0.25, -0.2) is 23.0 Å². The number of amides is 5. The summed E-state index contributed by atoms with van der Waals surface area (Å²) < 4.78 is 42.8. The first-order chi connectivity index (χ1) is 30.6. The van der Waals surface area contributed by atoms with Crippen molar-refractivity contribution < 1.29 is 42.2 Å². The molecule has 2 aromatic carbocycles. The molecule has 0 spiro atoms. The maximum Gasteiger partial charge on any atom is 0.284 e. The number of likely N-dealkylation sites (tertiary alicyclic amines) is 1. The van der Waals surface area contributed by atoms with E-state index in [2.05, 4.69) is 36.0 Å². The molecule has 7 heterocycles. The molecular weight excluding hydrogens is 821 g/mol. The molecule has 328 valence electrons. The Balaban J connectivity index is 0.735. The van der Waals surface area contributed by atoms with Crippen molar-refractivity contribution in [3.8, 4) is 5.69 Å². The molecule has 5 aromatic rings. The van der Waals surface area contributed by atoms with Gasteiger partial charge in [0, 0.05) is 64.2 Å². The van der Waals surface area contributed by atoms with Crippen molar-refractivity contribution >= 4 is 52.4 Å². The minimum absolute atomic E-state index is 0.0564. The summed E-state index contributed by atoms with van der Waals surface area (Å²) in [4.78, 5) is 73.9. The zero-order chi connectivity index (χ0) is 43.6. The summed E-state index contributed by atoms with van der Waals surface area (Å²) in [6.07, 6.45) is 4.12. The highest BCUT2D eigenvalue weighted by Gasteiger charge is 2.45. The van der Waals surface area contributed by atoms with Crippen LogP contribution in [0.5, 0.6) is 0 Å². The molecule has 3 aromatic heterocycles. The summed E-state index contributed by atoms with van der Waals surface area (Å²) in [5.41, 5.74) is 2.34. The number of imide groups is 2. The van der Waals surface area contributed by atoms with Gasteiger partial charge in [-0.1, -0.05) is 18.2 Å². The van der Waals surface area contributed by atoms with Crippen molar-refractivity contribution in [2.24, 2.45) is 0 Å². The Labute approximate surface area is 359 Å². The van der Waals surface area contributed by atoms with E-state index in [-0.39, 0.29) is 41.3 Å². The van der Waals surface area contributed by atoms with Crippen molar-refractivity contribution in [1.29, 1.82) is 0 Å². The lowest BCUT2D eigenvalue weighted by Gasteiger charge is -2.32. The van der Waals surface area contributed by atoms with E-state index in [4.69, 9.17) is 9.47 Å². The SMILES string of the molecule is O=C1CCC(N2C(=O)c3cccc(NCCCOC4CCN(Cc5ccc(-n6cc(NC(=O)c7cnn8ccc(N9CCOCC9)nc78)c(C(F)F)n6)cc5)CC4)c3C2=O)C(=O)N1. The largest absolute Gasteiger partial charge is 0.384 e. The molecule has 5 amide bonds. The number of aromatic nitrogens is 5. The molecule has 0 aliphatic carbocycles. The number of ether oxygens (including phenoxy) is 2. The third-order valence-corrected chi connectivity index (χ3v) is 11.7. The molecule has 4 aliphatic rings. The van der Waals surface area contributed by atoms with Gasteiger partial charge in [0.05, 0.1) is 54.2 Å². The molecule has 0 saturated carbocycles. The van der Waals surface area contributed by atoms with E-state index in [0.717, 1.165) is 36.4 Å². The van der Waals surface area contributed by atoms with Crippen molar-refractivity contribution in [2.45, 2.75) is 57.2 Å². The number of hydrogen-bond acceptors (Lipinski definition) is 13. The topological polar surface area (TPSA) is 198 Å². The number of hydrogen-bond donors (Lipinski definition) is 3. The van der Waals surface area contributed by atoms with E-state index in [0.29, 0.717) is 75.3 Å². The van der Waals surface area contributed by atoms with Gasteiger partial charge < -0.3 is 25.0 Å². The number of rotatable bonds is 14. The number of alkyl halides is 2. The number of nitrogens with zero attached hydrogens (tertiary/aromatic N) is 8. The van der Waals surface area contributed by atoms with Gasteiger partial charge in [0.2, 0.25) is 11.8 Å². The van der Waals surface area contributed by atoms with E-state index >= 15 is 0 Å². The zero-order valence-corrected chi connectivity index (χ0v) is 34.2. The lowest BCUT2D eigenvalue weighted by Crippen LogP contribution is -2.54. The van der Waals surface area contributed by atoms with Crippen LogP contribution in [0.1, 0.15) is 80.9 Å². The number of carbonyl (C=O) groups is 5. The van der Waals surface area contributed by atoms with Crippen LogP contribution < -0.4 is 20.9 Å². The highest BCUT2D eigenvalue weighted by molar-refractivity contribution is 6.25. The lowest BCUT2D eigenvalue weighted by atomic mass is 10.0. The Kier molecular flexibility index (Phi) is 11.9. The Bertz CT molecular complexity index is 2550. The van der Waals surface area contributed by atoms with Gasteiger partial charge in [0.15, 0.2) is 11.3 Å². The fraction of sp³-hybridized carbons (Fsp3) is 0.395. The molecule has 3 fully saturated rings. The van der Waals surface area contributed by atoms with E-state index in [1.54, 1.807) is 42.6 Å². The van der Waals surface area contributed by atoms with E-state index in [9.17, 15) is 32.8 Å². The van der Waals surface area contributed by atoms with Crippen LogP contribution >= 0.6 is 0 Å². The average molecular weight is 866 g/mol. The molecule has 18 nitrogen and oxygen atoms in total. The van der Waals surface area contributed by atoms with E-state index in [1.807, 2.05) is 17.0 Å². The number of benzene rings is 2. The third-order valence-electron chi connectivity index (χ3n) is 11.7. The summed E-state index contributed by atoms with van der Waals surface area (Å²) in [6, 6.07) is 13.2. The lowest BCUT2D eigenvalue weighted by molar-refractivity contribution is -0.136. The number of anilines is 3. The molecule has 20 heteroatoms. The molecule has 4 aliphatic heterocycles. The van der Waals surface area contributed by atoms with Gasteiger partial charge in [-0.3, -0.25) is 39.1 Å². The van der Waals surface area contributed by atoms with Crippen molar-refractivity contribution in [3.63, 3.8) is 0 Å². The zero-order valence-electron chi connectivity index (χ0n) is 34.2. The average Bonchev–Trinajstić information content (AvgIpc) is 3.99. The van der Waals surface area contributed by atoms with Crippen LogP contribution in [0.15, 0.2) is 67.1 Å². The molecular formula is C43H45F2N11O7.